The van der Waals surface area contributed by atoms with Gasteiger partial charge in [-0.15, -0.1) is 0 Å². The fourth-order valence-corrected chi connectivity index (χ4v) is 1.91. The standard InChI is InChI=1S/C12H14O3/c13-10-6-2-1-4-8(10)9-5-3-7-11(14)12(9)15/h1-6,9,11-15H,7H2/t9-,11+,12-/m0/s1. The van der Waals surface area contributed by atoms with Crippen molar-refractivity contribution in [1.82, 2.24) is 0 Å². The molecule has 3 N–H and O–H groups in total. The second-order valence-electron chi connectivity index (χ2n) is 3.81. The number of phenolic OH excluding ortho intramolecular Hbond substituents is 1. The van der Waals surface area contributed by atoms with Crippen molar-refractivity contribution in [3.63, 3.8) is 0 Å². The highest BCUT2D eigenvalue weighted by atomic mass is 16.3. The highest BCUT2D eigenvalue weighted by Crippen LogP contribution is 2.33. The van der Waals surface area contributed by atoms with Crippen LogP contribution in [0.5, 0.6) is 5.75 Å². The molecule has 1 aromatic carbocycles. The van der Waals surface area contributed by atoms with Crippen LogP contribution in [-0.4, -0.2) is 27.5 Å². The molecule has 3 heteroatoms. The van der Waals surface area contributed by atoms with Gasteiger partial charge in [-0.1, -0.05) is 30.4 Å². The van der Waals surface area contributed by atoms with Crippen LogP contribution in [0.25, 0.3) is 0 Å². The van der Waals surface area contributed by atoms with Crippen LogP contribution in [0, 0.1) is 0 Å². The van der Waals surface area contributed by atoms with E-state index in [1.807, 2.05) is 12.2 Å². The summed E-state index contributed by atoms with van der Waals surface area (Å²) in [6, 6.07) is 6.87. The van der Waals surface area contributed by atoms with Crippen LogP contribution in [0.15, 0.2) is 36.4 Å². The first kappa shape index (κ1) is 10.2. The number of rotatable bonds is 1. The SMILES string of the molecule is Oc1ccccc1[C@@H]1C=CC[C@@H](O)[C@H]1O. The van der Waals surface area contributed by atoms with Crippen molar-refractivity contribution in [1.29, 1.82) is 0 Å². The molecule has 0 spiro atoms. The van der Waals surface area contributed by atoms with Gasteiger partial charge in [-0.25, -0.2) is 0 Å². The molecule has 80 valence electrons. The molecule has 1 aliphatic rings. The van der Waals surface area contributed by atoms with Crippen molar-refractivity contribution in [3.8, 4) is 5.75 Å². The Labute approximate surface area is 88.3 Å². The minimum Gasteiger partial charge on any atom is -0.508 e. The lowest BCUT2D eigenvalue weighted by molar-refractivity contribution is 0.00786. The van der Waals surface area contributed by atoms with Crippen molar-refractivity contribution in [2.75, 3.05) is 0 Å². The quantitative estimate of drug-likeness (QED) is 0.604. The van der Waals surface area contributed by atoms with Crippen molar-refractivity contribution in [2.24, 2.45) is 0 Å². The highest BCUT2D eigenvalue weighted by Gasteiger charge is 2.29. The number of para-hydroxylation sites is 1. The molecule has 0 aliphatic heterocycles. The van der Waals surface area contributed by atoms with E-state index in [9.17, 15) is 15.3 Å². The number of hydrogen-bond donors (Lipinski definition) is 3. The molecule has 1 aromatic rings. The van der Waals surface area contributed by atoms with E-state index < -0.39 is 12.2 Å². The summed E-state index contributed by atoms with van der Waals surface area (Å²) >= 11 is 0. The number of aliphatic hydroxyl groups excluding tert-OH is 2. The van der Waals surface area contributed by atoms with E-state index in [1.54, 1.807) is 24.3 Å². The van der Waals surface area contributed by atoms with E-state index in [4.69, 9.17) is 0 Å². The predicted molar refractivity (Wildman–Crippen MR) is 56.6 cm³/mol. The molecule has 0 saturated heterocycles. The number of benzene rings is 1. The molecule has 15 heavy (non-hydrogen) atoms. The van der Waals surface area contributed by atoms with E-state index in [0.29, 0.717) is 12.0 Å². The van der Waals surface area contributed by atoms with E-state index in [1.165, 1.54) is 0 Å². The minimum absolute atomic E-state index is 0.153. The molecular formula is C12H14O3. The molecule has 0 radical (unpaired) electrons. The lowest BCUT2D eigenvalue weighted by Crippen LogP contribution is -2.33. The van der Waals surface area contributed by atoms with Crippen molar-refractivity contribution in [2.45, 2.75) is 24.5 Å². The van der Waals surface area contributed by atoms with Gasteiger partial charge in [-0.2, -0.15) is 0 Å². The Morgan fingerprint density at radius 3 is 2.60 bits per heavy atom. The predicted octanol–water partition coefficient (Wildman–Crippen LogP) is 1.16. The molecule has 3 nitrogen and oxygen atoms in total. The molecule has 0 unspecified atom stereocenters. The second-order valence-corrected chi connectivity index (χ2v) is 3.81. The zero-order chi connectivity index (χ0) is 10.8. The molecular weight excluding hydrogens is 192 g/mol. The Morgan fingerprint density at radius 2 is 1.87 bits per heavy atom. The van der Waals surface area contributed by atoms with Gasteiger partial charge in [0.05, 0.1) is 12.2 Å². The van der Waals surface area contributed by atoms with Crippen molar-refractivity contribution in [3.05, 3.63) is 42.0 Å². The monoisotopic (exact) mass is 206 g/mol. The molecule has 0 saturated carbocycles. The zero-order valence-corrected chi connectivity index (χ0v) is 8.24. The first-order valence-corrected chi connectivity index (χ1v) is 5.01. The lowest BCUT2D eigenvalue weighted by atomic mass is 9.84. The summed E-state index contributed by atoms with van der Waals surface area (Å²) in [5, 5.41) is 29.0. The Bertz CT molecular complexity index is 373. The Balaban J connectivity index is 2.35. The topological polar surface area (TPSA) is 60.7 Å². The number of aromatic hydroxyl groups is 1. The van der Waals surface area contributed by atoms with Gasteiger partial charge in [-0.05, 0) is 12.5 Å². The van der Waals surface area contributed by atoms with Crippen LogP contribution in [0.3, 0.4) is 0 Å². The summed E-state index contributed by atoms with van der Waals surface area (Å²) in [6.07, 6.45) is 2.52. The van der Waals surface area contributed by atoms with E-state index >= 15 is 0 Å². The fraction of sp³-hybridized carbons (Fsp3) is 0.333. The summed E-state index contributed by atoms with van der Waals surface area (Å²) in [4.78, 5) is 0. The Morgan fingerprint density at radius 1 is 1.13 bits per heavy atom. The third kappa shape index (κ3) is 1.89. The summed E-state index contributed by atoms with van der Waals surface area (Å²) < 4.78 is 0. The maximum Gasteiger partial charge on any atom is 0.119 e. The van der Waals surface area contributed by atoms with Gasteiger partial charge in [0.1, 0.15) is 5.75 Å². The molecule has 3 atom stereocenters. The molecule has 0 fully saturated rings. The first-order chi connectivity index (χ1) is 7.20. The Kier molecular flexibility index (Phi) is 2.75. The lowest BCUT2D eigenvalue weighted by Gasteiger charge is -2.28. The molecule has 2 rings (SSSR count). The molecule has 0 heterocycles. The maximum absolute atomic E-state index is 9.80. The summed E-state index contributed by atoms with van der Waals surface area (Å²) in [5.41, 5.74) is 0.653. The normalized spacial score (nSPS) is 30.4. The highest BCUT2D eigenvalue weighted by molar-refractivity contribution is 5.39. The van der Waals surface area contributed by atoms with Gasteiger partial charge in [0.15, 0.2) is 0 Å². The van der Waals surface area contributed by atoms with Gasteiger partial charge in [0.2, 0.25) is 0 Å². The average Bonchev–Trinajstić information content (AvgIpc) is 2.23. The van der Waals surface area contributed by atoms with E-state index in [-0.39, 0.29) is 11.7 Å². The summed E-state index contributed by atoms with van der Waals surface area (Å²) in [5.74, 6) is -0.171. The van der Waals surface area contributed by atoms with E-state index in [0.717, 1.165) is 0 Å². The van der Waals surface area contributed by atoms with Gasteiger partial charge in [0.25, 0.3) is 0 Å². The maximum atomic E-state index is 9.80. The minimum atomic E-state index is -0.844. The number of phenols is 1. The van der Waals surface area contributed by atoms with Crippen LogP contribution in [-0.2, 0) is 0 Å². The third-order valence-electron chi connectivity index (χ3n) is 2.78. The van der Waals surface area contributed by atoms with Gasteiger partial charge in [-0.3, -0.25) is 0 Å². The van der Waals surface area contributed by atoms with Crippen LogP contribution in [0.1, 0.15) is 17.9 Å². The van der Waals surface area contributed by atoms with Crippen LogP contribution in [0.4, 0.5) is 0 Å². The first-order valence-electron chi connectivity index (χ1n) is 5.01. The second kappa shape index (κ2) is 4.04. The summed E-state index contributed by atoms with van der Waals surface area (Å²) in [6.45, 7) is 0. The largest absolute Gasteiger partial charge is 0.508 e. The zero-order valence-electron chi connectivity index (χ0n) is 8.24. The molecule has 0 aromatic heterocycles. The van der Waals surface area contributed by atoms with Crippen LogP contribution < -0.4 is 0 Å². The average molecular weight is 206 g/mol. The van der Waals surface area contributed by atoms with Gasteiger partial charge in [0, 0.05) is 11.5 Å². The van der Waals surface area contributed by atoms with Crippen molar-refractivity contribution < 1.29 is 15.3 Å². The van der Waals surface area contributed by atoms with E-state index in [2.05, 4.69) is 0 Å². The Hall–Kier alpha value is -1.32. The van der Waals surface area contributed by atoms with Gasteiger partial charge >= 0.3 is 0 Å². The molecule has 1 aliphatic carbocycles. The van der Waals surface area contributed by atoms with Crippen LogP contribution in [0.2, 0.25) is 0 Å². The molecule has 0 bridgehead atoms. The summed E-state index contributed by atoms with van der Waals surface area (Å²) in [7, 11) is 0. The van der Waals surface area contributed by atoms with Crippen molar-refractivity contribution >= 4 is 0 Å². The number of hydrogen-bond acceptors (Lipinski definition) is 3. The fourth-order valence-electron chi connectivity index (χ4n) is 1.91. The number of aliphatic hydroxyl groups is 2. The van der Waals surface area contributed by atoms with Gasteiger partial charge < -0.3 is 15.3 Å². The smallest absolute Gasteiger partial charge is 0.119 e. The van der Waals surface area contributed by atoms with Crippen LogP contribution >= 0.6 is 0 Å². The third-order valence-corrected chi connectivity index (χ3v) is 2.78. The molecule has 0 amide bonds.